The number of nitrogens with zero attached hydrogens (tertiary/aromatic N) is 1. The summed E-state index contributed by atoms with van der Waals surface area (Å²) in [4.78, 5) is 11.7. The Labute approximate surface area is 120 Å². The van der Waals surface area contributed by atoms with E-state index in [1.54, 1.807) is 48.2 Å². The van der Waals surface area contributed by atoms with Gasteiger partial charge in [0.05, 0.1) is 11.3 Å². The van der Waals surface area contributed by atoms with Crippen LogP contribution in [-0.2, 0) is 5.75 Å². The van der Waals surface area contributed by atoms with Crippen molar-refractivity contribution in [3.8, 4) is 0 Å². The molecular formula is C14H12NO4S-. The molecule has 0 saturated carbocycles. The van der Waals surface area contributed by atoms with Gasteiger partial charge in [-0.1, -0.05) is 12.1 Å². The van der Waals surface area contributed by atoms with E-state index in [9.17, 15) is 10.0 Å². The number of benzene rings is 2. The molecule has 0 radical (unpaired) electrons. The summed E-state index contributed by atoms with van der Waals surface area (Å²) in [6.07, 6.45) is 0. The summed E-state index contributed by atoms with van der Waals surface area (Å²) in [7, 11) is 0. The fourth-order valence-electron chi connectivity index (χ4n) is 1.58. The molecule has 0 amide bonds. The summed E-state index contributed by atoms with van der Waals surface area (Å²) in [6, 6.07) is 13.2. The predicted octanol–water partition coefficient (Wildman–Crippen LogP) is 3.37. The van der Waals surface area contributed by atoms with E-state index in [2.05, 4.69) is 0 Å². The van der Waals surface area contributed by atoms with Crippen LogP contribution in [0.3, 0.4) is 0 Å². The summed E-state index contributed by atoms with van der Waals surface area (Å²) >= 11 is 1.56. The minimum atomic E-state index is -0.939. The van der Waals surface area contributed by atoms with Crippen molar-refractivity contribution < 1.29 is 15.1 Å². The highest BCUT2D eigenvalue weighted by Crippen LogP contribution is 2.25. The number of carboxylic acids is 1. The second-order valence-electron chi connectivity index (χ2n) is 4.06. The molecule has 0 heterocycles. The number of hydrogen-bond donors (Lipinski definition) is 2. The third-order valence-electron chi connectivity index (χ3n) is 2.66. The molecule has 0 atom stereocenters. The topological polar surface area (TPSA) is 83.8 Å². The zero-order valence-electron chi connectivity index (χ0n) is 10.4. The van der Waals surface area contributed by atoms with E-state index < -0.39 is 5.97 Å². The molecule has 2 aromatic carbocycles. The van der Waals surface area contributed by atoms with Gasteiger partial charge in [0.25, 0.3) is 0 Å². The number of rotatable bonds is 5. The highest BCUT2D eigenvalue weighted by Gasteiger charge is 2.02. The fraction of sp³-hybridized carbons (Fsp3) is 0.0714. The molecule has 6 heteroatoms. The van der Waals surface area contributed by atoms with Crippen LogP contribution in [0.1, 0.15) is 15.9 Å². The average Bonchev–Trinajstić information content (AvgIpc) is 2.46. The van der Waals surface area contributed by atoms with Gasteiger partial charge in [-0.2, -0.15) is 0 Å². The van der Waals surface area contributed by atoms with Gasteiger partial charge in [-0.25, -0.2) is 4.79 Å². The number of anilines is 1. The number of hydrogen-bond acceptors (Lipinski definition) is 5. The van der Waals surface area contributed by atoms with Crippen LogP contribution >= 0.6 is 11.8 Å². The van der Waals surface area contributed by atoms with Crippen LogP contribution in [0.5, 0.6) is 0 Å². The Morgan fingerprint density at radius 2 is 1.70 bits per heavy atom. The van der Waals surface area contributed by atoms with Crippen LogP contribution < -0.4 is 5.23 Å². The lowest BCUT2D eigenvalue weighted by Crippen LogP contribution is -2.06. The van der Waals surface area contributed by atoms with Crippen LogP contribution in [0.4, 0.5) is 5.69 Å². The lowest BCUT2D eigenvalue weighted by atomic mass is 10.1. The average molecular weight is 290 g/mol. The van der Waals surface area contributed by atoms with Crippen molar-refractivity contribution in [3.05, 3.63) is 64.9 Å². The first-order chi connectivity index (χ1) is 9.56. The molecule has 0 aliphatic heterocycles. The Morgan fingerprint density at radius 3 is 2.20 bits per heavy atom. The van der Waals surface area contributed by atoms with Gasteiger partial charge in [-0.3, -0.25) is 5.21 Å². The number of carbonyl (C=O) groups is 1. The van der Waals surface area contributed by atoms with Gasteiger partial charge >= 0.3 is 5.97 Å². The van der Waals surface area contributed by atoms with Crippen molar-refractivity contribution >= 4 is 23.4 Å². The van der Waals surface area contributed by atoms with Crippen molar-refractivity contribution in [2.45, 2.75) is 10.6 Å². The molecule has 20 heavy (non-hydrogen) atoms. The standard InChI is InChI=1S/C14H12NO4S/c16-14(17)11-3-1-10(2-4-11)9-20-13-7-5-12(6-8-13)15(18)19/h1-8,18H,9H2,(H,16,17)/q-1. The van der Waals surface area contributed by atoms with Crippen LogP contribution in [-0.4, -0.2) is 16.3 Å². The predicted molar refractivity (Wildman–Crippen MR) is 77.0 cm³/mol. The van der Waals surface area contributed by atoms with E-state index in [-0.39, 0.29) is 16.5 Å². The Bertz CT molecular complexity index is 581. The van der Waals surface area contributed by atoms with Gasteiger partial charge in [0, 0.05) is 10.6 Å². The molecule has 0 saturated heterocycles. The van der Waals surface area contributed by atoms with E-state index >= 15 is 0 Å². The molecule has 0 fully saturated rings. The minimum Gasteiger partial charge on any atom is -0.733 e. The molecule has 5 nitrogen and oxygen atoms in total. The van der Waals surface area contributed by atoms with Gasteiger partial charge in [0.15, 0.2) is 0 Å². The van der Waals surface area contributed by atoms with Crippen molar-refractivity contribution in [2.75, 3.05) is 5.23 Å². The number of carboxylic acid groups (broad SMARTS) is 1. The summed E-state index contributed by atoms with van der Waals surface area (Å²) in [6.45, 7) is 0. The largest absolute Gasteiger partial charge is 0.733 e. The van der Waals surface area contributed by atoms with E-state index in [0.29, 0.717) is 5.75 Å². The zero-order chi connectivity index (χ0) is 14.5. The lowest BCUT2D eigenvalue weighted by molar-refractivity contribution is 0.0697. The van der Waals surface area contributed by atoms with Crippen molar-refractivity contribution in [3.63, 3.8) is 0 Å². The molecule has 0 aromatic heterocycles. The quantitative estimate of drug-likeness (QED) is 0.649. The molecule has 2 rings (SSSR count). The van der Waals surface area contributed by atoms with Gasteiger partial charge < -0.3 is 15.5 Å². The molecule has 104 valence electrons. The van der Waals surface area contributed by atoms with E-state index in [4.69, 9.17) is 10.3 Å². The van der Waals surface area contributed by atoms with Gasteiger partial charge in [0.1, 0.15) is 0 Å². The maximum atomic E-state index is 10.7. The van der Waals surface area contributed by atoms with Gasteiger partial charge in [-0.05, 0) is 42.0 Å². The summed E-state index contributed by atoms with van der Waals surface area (Å²) in [5.74, 6) is -0.245. The number of aromatic carboxylic acids is 1. The summed E-state index contributed by atoms with van der Waals surface area (Å²) in [5.41, 5.74) is 1.46. The normalized spacial score (nSPS) is 10.3. The maximum Gasteiger partial charge on any atom is 0.335 e. The molecule has 2 aromatic rings. The maximum absolute atomic E-state index is 10.7. The Morgan fingerprint density at radius 1 is 1.10 bits per heavy atom. The third kappa shape index (κ3) is 3.74. The van der Waals surface area contributed by atoms with Crippen LogP contribution in [0, 0.1) is 5.21 Å². The van der Waals surface area contributed by atoms with Crippen LogP contribution in [0.15, 0.2) is 53.4 Å². The second-order valence-corrected chi connectivity index (χ2v) is 5.11. The Hall–Kier alpha value is -2.02. The second kappa shape index (κ2) is 6.42. The first kappa shape index (κ1) is 14.4. The Balaban J connectivity index is 1.96. The van der Waals surface area contributed by atoms with Crippen LogP contribution in [0.25, 0.3) is 0 Å². The first-order valence-corrected chi connectivity index (χ1v) is 6.76. The lowest BCUT2D eigenvalue weighted by Gasteiger charge is -2.21. The number of thioether (sulfide) groups is 1. The van der Waals surface area contributed by atoms with Crippen molar-refractivity contribution in [1.29, 1.82) is 0 Å². The molecule has 0 bridgehead atoms. The first-order valence-electron chi connectivity index (χ1n) is 5.77. The van der Waals surface area contributed by atoms with E-state index in [1.165, 1.54) is 12.1 Å². The van der Waals surface area contributed by atoms with E-state index in [1.807, 2.05) is 0 Å². The highest BCUT2D eigenvalue weighted by atomic mass is 32.2. The SMILES string of the molecule is O=C(O)c1ccc(CSc2ccc(N([O-])O)cc2)cc1. The zero-order valence-corrected chi connectivity index (χ0v) is 11.2. The van der Waals surface area contributed by atoms with E-state index in [0.717, 1.165) is 10.5 Å². The third-order valence-corrected chi connectivity index (χ3v) is 3.75. The minimum absolute atomic E-state index is 0.181. The Kier molecular flexibility index (Phi) is 4.62. The van der Waals surface area contributed by atoms with Crippen molar-refractivity contribution in [2.24, 2.45) is 0 Å². The van der Waals surface area contributed by atoms with Crippen molar-refractivity contribution in [1.82, 2.24) is 0 Å². The van der Waals surface area contributed by atoms with Crippen LogP contribution in [0.2, 0.25) is 0 Å². The van der Waals surface area contributed by atoms with Gasteiger partial charge in [-0.15, -0.1) is 11.8 Å². The smallest absolute Gasteiger partial charge is 0.335 e. The molecule has 0 unspecified atom stereocenters. The summed E-state index contributed by atoms with van der Waals surface area (Å²) < 4.78 is 0. The summed E-state index contributed by atoms with van der Waals surface area (Å²) in [5, 5.41) is 28.0. The molecule has 0 aliphatic rings. The molecule has 0 aliphatic carbocycles. The highest BCUT2D eigenvalue weighted by molar-refractivity contribution is 7.98. The molecule has 0 spiro atoms. The monoisotopic (exact) mass is 290 g/mol. The molecule has 2 N–H and O–H groups in total. The molecular weight excluding hydrogens is 278 g/mol. The fourth-order valence-corrected chi connectivity index (χ4v) is 2.43. The van der Waals surface area contributed by atoms with Gasteiger partial charge in [0.2, 0.25) is 0 Å².